The monoisotopic (exact) mass is 276 g/mol. The number of halogens is 1. The molecule has 19 heavy (non-hydrogen) atoms. The molecule has 1 aromatic carbocycles. The van der Waals surface area contributed by atoms with Gasteiger partial charge in [-0.15, -0.1) is 11.6 Å². The van der Waals surface area contributed by atoms with E-state index >= 15 is 0 Å². The number of hydrogen-bond acceptors (Lipinski definition) is 4. The molecule has 0 atom stereocenters. The van der Waals surface area contributed by atoms with Gasteiger partial charge in [0.2, 0.25) is 0 Å². The van der Waals surface area contributed by atoms with Crippen LogP contribution in [-0.4, -0.2) is 16.2 Å². The lowest BCUT2D eigenvalue weighted by Gasteiger charge is -2.07. The van der Waals surface area contributed by atoms with Crippen LogP contribution >= 0.6 is 11.6 Å². The van der Waals surface area contributed by atoms with Gasteiger partial charge in [-0.25, -0.2) is 4.63 Å². The standard InChI is InChI=1S/C14H13ClN2O2/c1-10-5-6-14(12(8-10)4-3-7-15)18-9-13-11(2)16-19-17-13/h5-6,8H,7,9H2,1-2H3. The summed E-state index contributed by atoms with van der Waals surface area (Å²) in [5.74, 6) is 6.80. The highest BCUT2D eigenvalue weighted by atomic mass is 35.5. The van der Waals surface area contributed by atoms with Crippen LogP contribution in [0.2, 0.25) is 0 Å². The molecule has 2 aromatic rings. The van der Waals surface area contributed by atoms with E-state index in [-0.39, 0.29) is 0 Å². The highest BCUT2D eigenvalue weighted by Gasteiger charge is 2.08. The van der Waals surface area contributed by atoms with Gasteiger partial charge in [-0.2, -0.15) is 0 Å². The minimum absolute atomic E-state index is 0.291. The Kier molecular flexibility index (Phi) is 4.43. The smallest absolute Gasteiger partial charge is 0.145 e. The molecule has 0 aliphatic rings. The van der Waals surface area contributed by atoms with Crippen molar-refractivity contribution in [2.75, 3.05) is 5.88 Å². The average Bonchev–Trinajstić information content (AvgIpc) is 2.81. The van der Waals surface area contributed by atoms with Gasteiger partial charge >= 0.3 is 0 Å². The number of benzene rings is 1. The van der Waals surface area contributed by atoms with Crippen molar-refractivity contribution in [1.82, 2.24) is 10.3 Å². The molecule has 1 aromatic heterocycles. The topological polar surface area (TPSA) is 48.2 Å². The molecule has 0 saturated carbocycles. The second-order valence-electron chi connectivity index (χ2n) is 4.02. The molecule has 0 fully saturated rings. The lowest BCUT2D eigenvalue weighted by molar-refractivity contribution is 0.269. The molecular formula is C14H13ClN2O2. The Morgan fingerprint density at radius 3 is 2.84 bits per heavy atom. The Labute approximate surface area is 116 Å². The lowest BCUT2D eigenvalue weighted by atomic mass is 10.1. The molecule has 0 amide bonds. The van der Waals surface area contributed by atoms with E-state index < -0.39 is 0 Å². The molecule has 0 unspecified atom stereocenters. The van der Waals surface area contributed by atoms with Crippen molar-refractivity contribution in [2.24, 2.45) is 0 Å². The summed E-state index contributed by atoms with van der Waals surface area (Å²) >= 11 is 5.58. The normalized spacial score (nSPS) is 9.84. The van der Waals surface area contributed by atoms with Gasteiger partial charge in [0.15, 0.2) is 0 Å². The molecule has 0 aliphatic heterocycles. The van der Waals surface area contributed by atoms with Crippen molar-refractivity contribution in [3.63, 3.8) is 0 Å². The lowest BCUT2D eigenvalue weighted by Crippen LogP contribution is -1.99. The zero-order valence-electron chi connectivity index (χ0n) is 10.7. The summed E-state index contributed by atoms with van der Waals surface area (Å²) in [5, 5.41) is 7.48. The number of rotatable bonds is 3. The number of nitrogens with zero attached hydrogens (tertiary/aromatic N) is 2. The van der Waals surface area contributed by atoms with Gasteiger partial charge in [0.1, 0.15) is 23.7 Å². The summed E-state index contributed by atoms with van der Waals surface area (Å²) in [7, 11) is 0. The molecule has 0 N–H and O–H groups in total. The van der Waals surface area contributed by atoms with E-state index in [1.807, 2.05) is 32.0 Å². The number of aryl methyl sites for hydroxylation is 2. The maximum absolute atomic E-state index is 5.71. The van der Waals surface area contributed by atoms with Crippen LogP contribution in [-0.2, 0) is 6.61 Å². The highest BCUT2D eigenvalue weighted by molar-refractivity contribution is 6.19. The molecule has 4 nitrogen and oxygen atoms in total. The zero-order valence-corrected chi connectivity index (χ0v) is 11.5. The average molecular weight is 277 g/mol. The van der Waals surface area contributed by atoms with E-state index in [1.165, 1.54) is 0 Å². The Hall–Kier alpha value is -1.99. The van der Waals surface area contributed by atoms with E-state index in [2.05, 4.69) is 26.8 Å². The number of hydrogen-bond donors (Lipinski definition) is 0. The van der Waals surface area contributed by atoms with Crippen molar-refractivity contribution in [3.05, 3.63) is 40.7 Å². The molecule has 0 bridgehead atoms. The van der Waals surface area contributed by atoms with Gasteiger partial charge in [-0.1, -0.05) is 28.2 Å². The fraction of sp³-hybridized carbons (Fsp3) is 0.286. The van der Waals surface area contributed by atoms with Crippen LogP contribution in [0.15, 0.2) is 22.8 Å². The van der Waals surface area contributed by atoms with E-state index in [4.69, 9.17) is 16.3 Å². The van der Waals surface area contributed by atoms with Crippen LogP contribution in [0.3, 0.4) is 0 Å². The first-order valence-corrected chi connectivity index (χ1v) is 6.30. The van der Waals surface area contributed by atoms with Crippen molar-refractivity contribution in [3.8, 4) is 17.6 Å². The third kappa shape index (κ3) is 3.49. The summed E-state index contributed by atoms with van der Waals surface area (Å²) in [6.45, 7) is 4.12. The largest absolute Gasteiger partial charge is 0.486 e. The second-order valence-corrected chi connectivity index (χ2v) is 4.29. The summed E-state index contributed by atoms with van der Waals surface area (Å²) in [5.41, 5.74) is 3.33. The van der Waals surface area contributed by atoms with Crippen LogP contribution in [0.1, 0.15) is 22.5 Å². The molecule has 0 aliphatic carbocycles. The Morgan fingerprint density at radius 2 is 2.16 bits per heavy atom. The predicted octanol–water partition coefficient (Wildman–Crippen LogP) is 2.86. The molecule has 98 valence electrons. The van der Waals surface area contributed by atoms with Gasteiger partial charge in [-0.3, -0.25) is 0 Å². The Morgan fingerprint density at radius 1 is 1.32 bits per heavy atom. The first-order chi connectivity index (χ1) is 9.20. The molecular weight excluding hydrogens is 264 g/mol. The van der Waals surface area contributed by atoms with Gasteiger partial charge in [0.25, 0.3) is 0 Å². The van der Waals surface area contributed by atoms with Gasteiger partial charge in [-0.05, 0) is 31.5 Å². The van der Waals surface area contributed by atoms with E-state index in [1.54, 1.807) is 0 Å². The van der Waals surface area contributed by atoms with Crippen LogP contribution in [0.5, 0.6) is 5.75 Å². The third-order valence-corrected chi connectivity index (χ3v) is 2.67. The number of alkyl halides is 1. The van der Waals surface area contributed by atoms with Crippen LogP contribution in [0.4, 0.5) is 0 Å². The van der Waals surface area contributed by atoms with Crippen LogP contribution in [0.25, 0.3) is 0 Å². The molecule has 5 heteroatoms. The summed E-state index contributed by atoms with van der Waals surface area (Å²) in [6.07, 6.45) is 0. The molecule has 0 radical (unpaired) electrons. The highest BCUT2D eigenvalue weighted by Crippen LogP contribution is 2.20. The van der Waals surface area contributed by atoms with Gasteiger partial charge in [0, 0.05) is 0 Å². The quantitative estimate of drug-likeness (QED) is 0.639. The second kappa shape index (κ2) is 6.26. The van der Waals surface area contributed by atoms with Gasteiger partial charge in [0.05, 0.1) is 11.4 Å². The first-order valence-electron chi connectivity index (χ1n) is 5.77. The van der Waals surface area contributed by atoms with Crippen molar-refractivity contribution < 1.29 is 9.37 Å². The molecule has 0 saturated heterocycles. The third-order valence-electron chi connectivity index (χ3n) is 2.54. The fourth-order valence-corrected chi connectivity index (χ4v) is 1.59. The van der Waals surface area contributed by atoms with Crippen molar-refractivity contribution >= 4 is 11.6 Å². The molecule has 0 spiro atoms. The maximum atomic E-state index is 5.71. The first kappa shape index (κ1) is 13.4. The van der Waals surface area contributed by atoms with Crippen molar-refractivity contribution in [1.29, 1.82) is 0 Å². The maximum Gasteiger partial charge on any atom is 0.145 e. The summed E-state index contributed by atoms with van der Waals surface area (Å²) in [6, 6.07) is 5.81. The van der Waals surface area contributed by atoms with Gasteiger partial charge < -0.3 is 4.74 Å². The van der Waals surface area contributed by atoms with Crippen LogP contribution in [0, 0.1) is 25.7 Å². The minimum atomic E-state index is 0.291. The number of aromatic nitrogens is 2. The summed E-state index contributed by atoms with van der Waals surface area (Å²) < 4.78 is 10.3. The van der Waals surface area contributed by atoms with E-state index in [9.17, 15) is 0 Å². The van der Waals surface area contributed by atoms with E-state index in [0.717, 1.165) is 16.8 Å². The van der Waals surface area contributed by atoms with E-state index in [0.29, 0.717) is 23.9 Å². The van der Waals surface area contributed by atoms with Crippen LogP contribution < -0.4 is 4.74 Å². The Balaban J connectivity index is 2.17. The minimum Gasteiger partial charge on any atom is -0.486 e. The van der Waals surface area contributed by atoms with Crippen molar-refractivity contribution in [2.45, 2.75) is 20.5 Å². The molecule has 2 rings (SSSR count). The fourth-order valence-electron chi connectivity index (χ4n) is 1.52. The Bertz CT molecular complexity index is 626. The summed E-state index contributed by atoms with van der Waals surface area (Å²) in [4.78, 5) is 0. The number of ether oxygens (including phenoxy) is 1. The molecule has 1 heterocycles. The predicted molar refractivity (Wildman–Crippen MR) is 72.1 cm³/mol. The zero-order chi connectivity index (χ0) is 13.7. The SMILES string of the molecule is Cc1ccc(OCc2nonc2C)c(C#CCCl)c1.